The number of hydrogen-bond acceptors (Lipinski definition) is 7. The third-order valence-electron chi connectivity index (χ3n) is 4.88. The van der Waals surface area contributed by atoms with E-state index in [-0.39, 0.29) is 24.5 Å². The van der Waals surface area contributed by atoms with Crippen LogP contribution in [-0.4, -0.2) is 69.9 Å². The van der Waals surface area contributed by atoms with Crippen LogP contribution in [-0.2, 0) is 25.6 Å². The van der Waals surface area contributed by atoms with Crippen LogP contribution in [0, 0.1) is 5.92 Å². The molecule has 0 radical (unpaired) electrons. The first-order chi connectivity index (χ1) is 15.5. The molecule has 5 atom stereocenters. The number of nitrogens with two attached hydrogens (primary N) is 1. The number of carbonyl (C=O) groups is 4. The Kier molecular flexibility index (Phi) is 11.9. The molecule has 11 heteroatoms. The molecule has 0 fully saturated rings. The molecule has 3 amide bonds. The summed E-state index contributed by atoms with van der Waals surface area (Å²) in [5.41, 5.74) is 6.42. The van der Waals surface area contributed by atoms with Gasteiger partial charge in [0.1, 0.15) is 24.2 Å². The number of aliphatic carboxylic acids is 1. The number of thiol groups is 1. The largest absolute Gasteiger partial charge is 0.480 e. The van der Waals surface area contributed by atoms with Crippen LogP contribution in [0.1, 0.15) is 32.8 Å². The number of nitrogens with one attached hydrogen (secondary N) is 3. The van der Waals surface area contributed by atoms with E-state index < -0.39 is 54.0 Å². The predicted molar refractivity (Wildman–Crippen MR) is 127 cm³/mol. The van der Waals surface area contributed by atoms with Crippen molar-refractivity contribution in [2.75, 3.05) is 5.75 Å². The van der Waals surface area contributed by atoms with Crippen molar-refractivity contribution < 1.29 is 29.4 Å². The number of benzene rings is 1. The Morgan fingerprint density at radius 2 is 1.42 bits per heavy atom. The van der Waals surface area contributed by atoms with Crippen molar-refractivity contribution in [1.82, 2.24) is 16.0 Å². The standard InChI is InChI=1S/C22H34N4O6S/c1-12(2)9-15(25-21(30)18(23)13(3)27)19(28)24-16(10-14-7-5-4-6-8-14)20(29)26-17(11-33)22(31)32/h4-8,12-13,15-18,27,33H,9-11,23H2,1-3H3,(H,24,28)(H,25,30)(H,26,29)(H,31,32). The van der Waals surface area contributed by atoms with Gasteiger partial charge in [-0.1, -0.05) is 44.2 Å². The van der Waals surface area contributed by atoms with Crippen LogP contribution >= 0.6 is 12.6 Å². The van der Waals surface area contributed by atoms with Crippen molar-refractivity contribution in [2.24, 2.45) is 11.7 Å². The highest BCUT2D eigenvalue weighted by atomic mass is 32.1. The Labute approximate surface area is 199 Å². The van der Waals surface area contributed by atoms with Gasteiger partial charge >= 0.3 is 5.97 Å². The smallest absolute Gasteiger partial charge is 0.327 e. The molecule has 0 saturated heterocycles. The van der Waals surface area contributed by atoms with Gasteiger partial charge in [-0.05, 0) is 24.8 Å². The van der Waals surface area contributed by atoms with Crippen molar-refractivity contribution in [2.45, 2.75) is 63.9 Å². The molecule has 0 aliphatic carbocycles. The lowest BCUT2D eigenvalue weighted by molar-refractivity contribution is -0.141. The summed E-state index contributed by atoms with van der Waals surface area (Å²) in [6.45, 7) is 5.08. The molecule has 33 heavy (non-hydrogen) atoms. The lowest BCUT2D eigenvalue weighted by atomic mass is 10.0. The van der Waals surface area contributed by atoms with Gasteiger partial charge in [-0.3, -0.25) is 14.4 Å². The maximum absolute atomic E-state index is 13.1. The van der Waals surface area contributed by atoms with Crippen molar-refractivity contribution in [3.63, 3.8) is 0 Å². The van der Waals surface area contributed by atoms with Crippen molar-refractivity contribution >= 4 is 36.3 Å². The van der Waals surface area contributed by atoms with Crippen LogP contribution in [0.3, 0.4) is 0 Å². The fourth-order valence-corrected chi connectivity index (χ4v) is 3.23. The molecule has 10 nitrogen and oxygen atoms in total. The Balaban J connectivity index is 3.09. The molecule has 5 unspecified atom stereocenters. The molecule has 1 aromatic carbocycles. The molecule has 0 spiro atoms. The molecular weight excluding hydrogens is 448 g/mol. The fourth-order valence-electron chi connectivity index (χ4n) is 2.98. The van der Waals surface area contributed by atoms with Crippen LogP contribution in [0.15, 0.2) is 30.3 Å². The van der Waals surface area contributed by atoms with E-state index in [0.717, 1.165) is 5.56 Å². The first-order valence-corrected chi connectivity index (χ1v) is 11.3. The van der Waals surface area contributed by atoms with Gasteiger partial charge < -0.3 is 31.9 Å². The Hall–Kier alpha value is -2.63. The summed E-state index contributed by atoms with van der Waals surface area (Å²) < 4.78 is 0. The van der Waals surface area contributed by atoms with E-state index in [0.29, 0.717) is 0 Å². The second-order valence-electron chi connectivity index (χ2n) is 8.29. The maximum Gasteiger partial charge on any atom is 0.327 e. The van der Waals surface area contributed by atoms with E-state index in [4.69, 9.17) is 5.73 Å². The average molecular weight is 483 g/mol. The SMILES string of the molecule is CC(C)CC(NC(=O)C(N)C(C)O)C(=O)NC(Cc1ccccc1)C(=O)NC(CS)C(=O)O. The van der Waals surface area contributed by atoms with E-state index in [1.54, 1.807) is 30.3 Å². The van der Waals surface area contributed by atoms with Crippen LogP contribution in [0.5, 0.6) is 0 Å². The van der Waals surface area contributed by atoms with Gasteiger partial charge in [-0.25, -0.2) is 4.79 Å². The Morgan fingerprint density at radius 1 is 0.909 bits per heavy atom. The number of aliphatic hydroxyl groups excluding tert-OH is 1. The van der Waals surface area contributed by atoms with Gasteiger partial charge in [0.25, 0.3) is 0 Å². The summed E-state index contributed by atoms with van der Waals surface area (Å²) in [6.07, 6.45) is -0.746. The number of carboxylic acid groups (broad SMARTS) is 1. The van der Waals surface area contributed by atoms with Crippen molar-refractivity contribution in [3.8, 4) is 0 Å². The molecule has 7 N–H and O–H groups in total. The molecular formula is C22H34N4O6S. The highest BCUT2D eigenvalue weighted by Gasteiger charge is 2.31. The van der Waals surface area contributed by atoms with Crippen LogP contribution in [0.2, 0.25) is 0 Å². The normalized spacial score (nSPS) is 15.6. The van der Waals surface area contributed by atoms with Gasteiger partial charge in [-0.2, -0.15) is 12.6 Å². The second kappa shape index (κ2) is 13.8. The summed E-state index contributed by atoms with van der Waals surface area (Å²) in [6, 6.07) is 4.35. The van der Waals surface area contributed by atoms with Crippen molar-refractivity contribution in [1.29, 1.82) is 0 Å². The lowest BCUT2D eigenvalue weighted by Gasteiger charge is -2.26. The molecule has 0 aliphatic heterocycles. The van der Waals surface area contributed by atoms with Gasteiger partial charge in [-0.15, -0.1) is 0 Å². The zero-order valence-electron chi connectivity index (χ0n) is 19.0. The number of carboxylic acids is 1. The third-order valence-corrected chi connectivity index (χ3v) is 5.24. The van der Waals surface area contributed by atoms with E-state index in [2.05, 4.69) is 28.6 Å². The highest BCUT2D eigenvalue weighted by molar-refractivity contribution is 7.80. The number of amides is 3. The Morgan fingerprint density at radius 3 is 1.91 bits per heavy atom. The number of rotatable bonds is 13. The minimum Gasteiger partial charge on any atom is -0.480 e. The van der Waals surface area contributed by atoms with Gasteiger partial charge in [0.15, 0.2) is 0 Å². The molecule has 1 aromatic rings. The van der Waals surface area contributed by atoms with Gasteiger partial charge in [0, 0.05) is 12.2 Å². The van der Waals surface area contributed by atoms with Crippen LogP contribution in [0.25, 0.3) is 0 Å². The summed E-state index contributed by atoms with van der Waals surface area (Å²) >= 11 is 3.95. The minimum atomic E-state index is -1.25. The Bertz CT molecular complexity index is 805. The summed E-state index contributed by atoms with van der Waals surface area (Å²) in [4.78, 5) is 49.5. The van der Waals surface area contributed by atoms with E-state index in [1.165, 1.54) is 6.92 Å². The number of hydrogen-bond donors (Lipinski definition) is 7. The van der Waals surface area contributed by atoms with E-state index in [9.17, 15) is 29.4 Å². The molecule has 0 saturated carbocycles. The quantitative estimate of drug-likeness (QED) is 0.185. The molecule has 1 rings (SSSR count). The van der Waals surface area contributed by atoms with E-state index in [1.807, 2.05) is 13.8 Å². The third kappa shape index (κ3) is 9.80. The molecule has 0 bridgehead atoms. The lowest BCUT2D eigenvalue weighted by Crippen LogP contribution is -2.58. The predicted octanol–water partition coefficient (Wildman–Crippen LogP) is -0.548. The van der Waals surface area contributed by atoms with Crippen molar-refractivity contribution in [3.05, 3.63) is 35.9 Å². The zero-order valence-corrected chi connectivity index (χ0v) is 19.9. The first-order valence-electron chi connectivity index (χ1n) is 10.7. The average Bonchev–Trinajstić information content (AvgIpc) is 2.75. The monoisotopic (exact) mass is 482 g/mol. The van der Waals surface area contributed by atoms with E-state index >= 15 is 0 Å². The van der Waals surface area contributed by atoms with Gasteiger partial charge in [0.05, 0.1) is 6.10 Å². The molecule has 0 aliphatic rings. The molecule has 0 heterocycles. The fraction of sp³-hybridized carbons (Fsp3) is 0.545. The zero-order chi connectivity index (χ0) is 25.1. The van der Waals surface area contributed by atoms with Crippen LogP contribution < -0.4 is 21.7 Å². The summed E-state index contributed by atoms with van der Waals surface area (Å²) in [5, 5.41) is 26.3. The summed E-state index contributed by atoms with van der Waals surface area (Å²) in [5.74, 6) is -3.37. The highest BCUT2D eigenvalue weighted by Crippen LogP contribution is 2.09. The number of aliphatic hydroxyl groups is 1. The topological polar surface area (TPSA) is 171 Å². The molecule has 184 valence electrons. The minimum absolute atomic E-state index is 0.0193. The first kappa shape index (κ1) is 28.4. The second-order valence-corrected chi connectivity index (χ2v) is 8.66. The molecule has 0 aromatic heterocycles. The van der Waals surface area contributed by atoms with Gasteiger partial charge in [0.2, 0.25) is 17.7 Å². The maximum atomic E-state index is 13.1. The summed E-state index contributed by atoms with van der Waals surface area (Å²) in [7, 11) is 0. The van der Waals surface area contributed by atoms with Crippen LogP contribution in [0.4, 0.5) is 0 Å². The number of carbonyl (C=O) groups excluding carboxylic acids is 3.